The van der Waals surface area contributed by atoms with Crippen LogP contribution in [0.4, 0.5) is 4.39 Å². The second kappa shape index (κ2) is 7.11. The van der Waals surface area contributed by atoms with Crippen molar-refractivity contribution in [2.24, 2.45) is 0 Å². The minimum atomic E-state index is -0.209. The Morgan fingerprint density at radius 1 is 0.963 bits per heavy atom. The highest BCUT2D eigenvalue weighted by Crippen LogP contribution is 2.44. The molecule has 2 aromatic carbocycles. The maximum absolute atomic E-state index is 13.6. The molecular formula is C25H24FN. The molecule has 2 heteroatoms. The van der Waals surface area contributed by atoms with Gasteiger partial charge in [0.2, 0.25) is 0 Å². The molecule has 1 aromatic heterocycles. The van der Waals surface area contributed by atoms with Crippen molar-refractivity contribution in [2.45, 2.75) is 39.5 Å². The van der Waals surface area contributed by atoms with E-state index in [1.54, 1.807) is 12.1 Å². The van der Waals surface area contributed by atoms with E-state index in [0.717, 1.165) is 35.4 Å². The smallest absolute Gasteiger partial charge is 0.123 e. The van der Waals surface area contributed by atoms with Crippen LogP contribution < -0.4 is 0 Å². The molecule has 0 bridgehead atoms. The lowest BCUT2D eigenvalue weighted by Gasteiger charge is -2.26. The van der Waals surface area contributed by atoms with Gasteiger partial charge >= 0.3 is 0 Å². The van der Waals surface area contributed by atoms with Crippen molar-refractivity contribution in [1.29, 1.82) is 0 Å². The first-order chi connectivity index (χ1) is 13.1. The summed E-state index contributed by atoms with van der Waals surface area (Å²) in [6.07, 6.45) is 6.17. The highest BCUT2D eigenvalue weighted by atomic mass is 19.1. The number of hydrogen-bond acceptors (Lipinski definition) is 1. The number of nitrogens with zero attached hydrogens (tertiary/aromatic N) is 1. The fraction of sp³-hybridized carbons (Fsp3) is 0.240. The molecule has 0 spiro atoms. The summed E-state index contributed by atoms with van der Waals surface area (Å²) in [5.74, 6) is 0.108. The van der Waals surface area contributed by atoms with Crippen LogP contribution in [-0.2, 0) is 12.8 Å². The van der Waals surface area contributed by atoms with Gasteiger partial charge in [0.05, 0.1) is 5.69 Å². The number of aryl methyl sites for hydroxylation is 2. The highest BCUT2D eigenvalue weighted by molar-refractivity contribution is 5.93. The molecule has 0 saturated carbocycles. The fourth-order valence-corrected chi connectivity index (χ4v) is 4.07. The summed E-state index contributed by atoms with van der Waals surface area (Å²) in [4.78, 5) is 5.11. The molecule has 0 aliphatic heterocycles. The molecule has 4 rings (SSSR count). The first kappa shape index (κ1) is 17.7. The number of aromatic nitrogens is 1. The van der Waals surface area contributed by atoms with E-state index in [1.165, 1.54) is 22.3 Å². The van der Waals surface area contributed by atoms with E-state index in [-0.39, 0.29) is 5.82 Å². The molecule has 0 fully saturated rings. The number of benzene rings is 2. The zero-order valence-electron chi connectivity index (χ0n) is 16.1. The van der Waals surface area contributed by atoms with Crippen LogP contribution in [0.3, 0.4) is 0 Å². The highest BCUT2D eigenvalue weighted by Gasteiger charge is 2.26. The van der Waals surface area contributed by atoms with Crippen molar-refractivity contribution < 1.29 is 4.39 Å². The van der Waals surface area contributed by atoms with Gasteiger partial charge in [-0.2, -0.15) is 0 Å². The fourth-order valence-electron chi connectivity index (χ4n) is 4.07. The van der Waals surface area contributed by atoms with E-state index in [2.05, 4.69) is 50.3 Å². The maximum atomic E-state index is 13.6. The molecule has 1 aliphatic carbocycles. The van der Waals surface area contributed by atoms with Crippen LogP contribution in [0.2, 0.25) is 0 Å². The zero-order chi connectivity index (χ0) is 19.0. The van der Waals surface area contributed by atoms with Gasteiger partial charge in [-0.15, -0.1) is 0 Å². The monoisotopic (exact) mass is 357 g/mol. The standard InChI is InChI=1S/C25H24FN/c1-4-7-21-23(18-10-13-19(26)14-11-18)24-20-9-6-5-8-17(20)12-15-22(24)27-25(21)16(2)3/h4-11,13-14,16H,12,15H2,1-3H3/b7-4+. The van der Waals surface area contributed by atoms with E-state index in [9.17, 15) is 4.39 Å². The molecule has 27 heavy (non-hydrogen) atoms. The molecule has 0 N–H and O–H groups in total. The first-order valence-electron chi connectivity index (χ1n) is 9.63. The Morgan fingerprint density at radius 2 is 1.70 bits per heavy atom. The molecule has 0 amide bonds. The predicted molar refractivity (Wildman–Crippen MR) is 111 cm³/mol. The van der Waals surface area contributed by atoms with Crippen molar-refractivity contribution in [3.05, 3.63) is 82.9 Å². The number of fused-ring (bicyclic) bond motifs is 3. The lowest BCUT2D eigenvalue weighted by molar-refractivity contribution is 0.628. The second-order valence-corrected chi connectivity index (χ2v) is 7.43. The van der Waals surface area contributed by atoms with Crippen LogP contribution in [0.1, 0.15) is 49.2 Å². The van der Waals surface area contributed by atoms with Gasteiger partial charge in [-0.05, 0) is 54.5 Å². The minimum absolute atomic E-state index is 0.209. The van der Waals surface area contributed by atoms with E-state index >= 15 is 0 Å². The summed E-state index contributed by atoms with van der Waals surface area (Å²) in [7, 11) is 0. The van der Waals surface area contributed by atoms with Crippen LogP contribution in [0, 0.1) is 5.82 Å². The molecular weight excluding hydrogens is 333 g/mol. The molecule has 136 valence electrons. The number of pyridine rings is 1. The topological polar surface area (TPSA) is 12.9 Å². The molecule has 0 radical (unpaired) electrons. The molecule has 0 saturated heterocycles. The molecule has 1 nitrogen and oxygen atoms in total. The van der Waals surface area contributed by atoms with Gasteiger partial charge in [-0.3, -0.25) is 4.98 Å². The number of rotatable bonds is 3. The number of hydrogen-bond donors (Lipinski definition) is 0. The van der Waals surface area contributed by atoms with Gasteiger partial charge in [0, 0.05) is 22.4 Å². The third-order valence-electron chi connectivity index (χ3n) is 5.27. The Morgan fingerprint density at radius 3 is 2.41 bits per heavy atom. The average molecular weight is 357 g/mol. The maximum Gasteiger partial charge on any atom is 0.123 e. The van der Waals surface area contributed by atoms with Crippen molar-refractivity contribution in [1.82, 2.24) is 4.98 Å². The third kappa shape index (κ3) is 3.10. The first-order valence-corrected chi connectivity index (χ1v) is 9.63. The minimum Gasteiger partial charge on any atom is -0.256 e. The van der Waals surface area contributed by atoms with E-state index < -0.39 is 0 Å². The third-order valence-corrected chi connectivity index (χ3v) is 5.27. The van der Waals surface area contributed by atoms with Crippen molar-refractivity contribution in [2.75, 3.05) is 0 Å². The quantitative estimate of drug-likeness (QED) is 0.502. The summed E-state index contributed by atoms with van der Waals surface area (Å²) in [5, 5.41) is 0. The van der Waals surface area contributed by atoms with Gasteiger partial charge < -0.3 is 0 Å². The van der Waals surface area contributed by atoms with Crippen LogP contribution >= 0.6 is 0 Å². The Balaban J connectivity index is 2.13. The summed E-state index contributed by atoms with van der Waals surface area (Å²) in [5.41, 5.74) is 9.47. The predicted octanol–water partition coefficient (Wildman–Crippen LogP) is 6.81. The Labute approximate surface area is 160 Å². The Hall–Kier alpha value is -2.74. The molecule has 1 aliphatic rings. The van der Waals surface area contributed by atoms with Crippen molar-refractivity contribution >= 4 is 6.08 Å². The molecule has 3 aromatic rings. The lowest BCUT2D eigenvalue weighted by atomic mass is 9.80. The Kier molecular flexibility index (Phi) is 4.65. The zero-order valence-corrected chi connectivity index (χ0v) is 16.1. The van der Waals surface area contributed by atoms with Crippen LogP contribution in [-0.4, -0.2) is 4.98 Å². The summed E-state index contributed by atoms with van der Waals surface area (Å²) >= 11 is 0. The van der Waals surface area contributed by atoms with E-state index in [0.29, 0.717) is 5.92 Å². The van der Waals surface area contributed by atoms with Crippen LogP contribution in [0.15, 0.2) is 54.6 Å². The Bertz CT molecular complexity index is 1010. The van der Waals surface area contributed by atoms with Gasteiger partial charge in [0.25, 0.3) is 0 Å². The van der Waals surface area contributed by atoms with Crippen molar-refractivity contribution in [3.63, 3.8) is 0 Å². The SMILES string of the molecule is C/C=C/c1c(C(C)C)nc2c(c1-c1ccc(F)cc1)-c1ccccc1CC2. The molecule has 0 atom stereocenters. The lowest BCUT2D eigenvalue weighted by Crippen LogP contribution is -2.12. The van der Waals surface area contributed by atoms with Gasteiger partial charge in [0.15, 0.2) is 0 Å². The molecule has 1 heterocycles. The van der Waals surface area contributed by atoms with Gasteiger partial charge in [0.1, 0.15) is 5.82 Å². The second-order valence-electron chi connectivity index (χ2n) is 7.43. The number of halogens is 1. The summed E-state index contributed by atoms with van der Waals surface area (Å²) in [6.45, 7) is 6.41. The normalized spacial score (nSPS) is 13.1. The van der Waals surface area contributed by atoms with Crippen LogP contribution in [0.5, 0.6) is 0 Å². The summed E-state index contributed by atoms with van der Waals surface area (Å²) < 4.78 is 13.6. The largest absolute Gasteiger partial charge is 0.256 e. The molecule has 0 unspecified atom stereocenters. The number of allylic oxidation sites excluding steroid dienone is 1. The van der Waals surface area contributed by atoms with E-state index in [1.807, 2.05) is 19.1 Å². The van der Waals surface area contributed by atoms with Crippen LogP contribution in [0.25, 0.3) is 28.3 Å². The summed E-state index contributed by atoms with van der Waals surface area (Å²) in [6, 6.07) is 15.5. The average Bonchev–Trinajstić information content (AvgIpc) is 2.68. The van der Waals surface area contributed by atoms with E-state index in [4.69, 9.17) is 4.98 Å². The van der Waals surface area contributed by atoms with Gasteiger partial charge in [-0.25, -0.2) is 4.39 Å². The van der Waals surface area contributed by atoms with Crippen molar-refractivity contribution in [3.8, 4) is 22.3 Å². The van der Waals surface area contributed by atoms with Gasteiger partial charge in [-0.1, -0.05) is 62.4 Å².